The van der Waals surface area contributed by atoms with Gasteiger partial charge in [-0.3, -0.25) is 0 Å². The maximum Gasteiger partial charge on any atom is 0.692 e. The van der Waals surface area contributed by atoms with Crippen LogP contribution in [0, 0.1) is 0 Å². The van der Waals surface area contributed by atoms with Gasteiger partial charge < -0.3 is 0 Å². The Labute approximate surface area is 72.8 Å². The SMILES string of the molecule is CCCC.O=[P+](O)O.O=[P+](O)O. The van der Waals surface area contributed by atoms with Gasteiger partial charge in [0, 0.05) is 9.13 Å². The molecule has 12 heavy (non-hydrogen) atoms. The van der Waals surface area contributed by atoms with E-state index in [-0.39, 0.29) is 0 Å². The molecule has 0 aliphatic carbocycles. The minimum Gasteiger partial charge on any atom is -0.134 e. The van der Waals surface area contributed by atoms with E-state index < -0.39 is 16.5 Å². The Balaban J connectivity index is -0.000000101. The van der Waals surface area contributed by atoms with Crippen LogP contribution in [-0.4, -0.2) is 19.6 Å². The zero-order valence-electron chi connectivity index (χ0n) is 6.91. The van der Waals surface area contributed by atoms with Crippen molar-refractivity contribution in [3.05, 3.63) is 0 Å². The Morgan fingerprint density at radius 1 is 0.833 bits per heavy atom. The van der Waals surface area contributed by atoms with E-state index in [2.05, 4.69) is 13.8 Å². The molecule has 0 spiro atoms. The molecule has 0 aromatic carbocycles. The second-order valence-corrected chi connectivity index (χ2v) is 2.52. The average Bonchev–Trinajstić information content (AvgIpc) is 1.85. The molecule has 0 saturated heterocycles. The van der Waals surface area contributed by atoms with Crippen molar-refractivity contribution in [2.45, 2.75) is 26.7 Å². The predicted octanol–water partition coefficient (Wildman–Crippen LogP) is 1.06. The minimum atomic E-state index is -2.87. The summed E-state index contributed by atoms with van der Waals surface area (Å²) in [6.07, 6.45) is 2.64. The summed E-state index contributed by atoms with van der Waals surface area (Å²) in [5.41, 5.74) is 0. The van der Waals surface area contributed by atoms with Gasteiger partial charge in [-0.1, -0.05) is 26.7 Å². The highest BCUT2D eigenvalue weighted by Crippen LogP contribution is 1.98. The molecule has 0 aromatic heterocycles. The summed E-state index contributed by atoms with van der Waals surface area (Å²) in [7, 11) is -5.74. The summed E-state index contributed by atoms with van der Waals surface area (Å²) < 4.78 is 17.4. The molecule has 6 nitrogen and oxygen atoms in total. The van der Waals surface area contributed by atoms with Crippen LogP contribution < -0.4 is 0 Å². The molecule has 4 N–H and O–H groups in total. The van der Waals surface area contributed by atoms with E-state index in [0.717, 1.165) is 0 Å². The fourth-order valence-electron chi connectivity index (χ4n) is 0. The van der Waals surface area contributed by atoms with E-state index in [0.29, 0.717) is 0 Å². The molecule has 0 unspecified atom stereocenters. The van der Waals surface area contributed by atoms with E-state index in [4.69, 9.17) is 28.7 Å². The average molecular weight is 220 g/mol. The molecule has 0 fully saturated rings. The molecule has 8 heteroatoms. The van der Waals surface area contributed by atoms with Gasteiger partial charge in [0.15, 0.2) is 0 Å². The van der Waals surface area contributed by atoms with Crippen molar-refractivity contribution in [1.82, 2.24) is 0 Å². The Morgan fingerprint density at radius 3 is 0.917 bits per heavy atom. The molecule has 0 heterocycles. The van der Waals surface area contributed by atoms with Gasteiger partial charge in [-0.15, -0.1) is 19.6 Å². The highest BCUT2D eigenvalue weighted by atomic mass is 31.1. The number of rotatable bonds is 1. The molecule has 0 atom stereocenters. The van der Waals surface area contributed by atoms with Crippen LogP contribution in [0.25, 0.3) is 0 Å². The molecule has 0 saturated carbocycles. The summed E-state index contributed by atoms with van der Waals surface area (Å²) in [4.78, 5) is 28.5. The third-order valence-electron chi connectivity index (χ3n) is 0.500. The fourth-order valence-corrected chi connectivity index (χ4v) is 0. The third-order valence-corrected chi connectivity index (χ3v) is 0.500. The maximum atomic E-state index is 8.70. The lowest BCUT2D eigenvalue weighted by molar-refractivity contribution is 0.403. The van der Waals surface area contributed by atoms with Gasteiger partial charge in [0.25, 0.3) is 0 Å². The van der Waals surface area contributed by atoms with Crippen LogP contribution >= 0.6 is 16.5 Å². The third kappa shape index (κ3) is 759. The minimum absolute atomic E-state index is 1.32. The number of hydrogen-bond acceptors (Lipinski definition) is 2. The molecule has 0 radical (unpaired) electrons. The molecule has 0 aliphatic rings. The van der Waals surface area contributed by atoms with Crippen molar-refractivity contribution < 1.29 is 28.7 Å². The lowest BCUT2D eigenvalue weighted by atomic mass is 10.4. The van der Waals surface area contributed by atoms with Gasteiger partial charge >= 0.3 is 16.5 Å². The highest BCUT2D eigenvalue weighted by Gasteiger charge is 1.93. The molecule has 0 aliphatic heterocycles. The van der Waals surface area contributed by atoms with Gasteiger partial charge in [-0.05, 0) is 0 Å². The van der Waals surface area contributed by atoms with Gasteiger partial charge in [0.05, 0.1) is 0 Å². The van der Waals surface area contributed by atoms with Gasteiger partial charge in [-0.2, -0.15) is 0 Å². The zero-order valence-corrected chi connectivity index (χ0v) is 8.70. The van der Waals surface area contributed by atoms with Crippen LogP contribution in [0.2, 0.25) is 0 Å². The van der Waals surface area contributed by atoms with Crippen LogP contribution in [0.5, 0.6) is 0 Å². The van der Waals surface area contributed by atoms with Gasteiger partial charge in [0.2, 0.25) is 0 Å². The second kappa shape index (κ2) is 17.2. The van der Waals surface area contributed by atoms with E-state index in [1.54, 1.807) is 0 Å². The van der Waals surface area contributed by atoms with Crippen LogP contribution in [-0.2, 0) is 9.13 Å². The maximum absolute atomic E-state index is 8.70. The number of unbranched alkanes of at least 4 members (excludes halogenated alkanes) is 1. The Hall–Kier alpha value is 0.0400. The van der Waals surface area contributed by atoms with Crippen LogP contribution in [0.3, 0.4) is 0 Å². The van der Waals surface area contributed by atoms with Crippen molar-refractivity contribution in [3.63, 3.8) is 0 Å². The normalized spacial score (nSPS) is 6.83. The first kappa shape index (κ1) is 18.0. The summed E-state index contributed by atoms with van der Waals surface area (Å²) >= 11 is 0. The van der Waals surface area contributed by atoms with E-state index in [1.807, 2.05) is 0 Å². The first-order chi connectivity index (χ1) is 5.38. The standard InChI is InChI=1S/C4H10.2HO3P/c1-3-4-2;2*1-4(2)3/h3-4H2,1-2H3;2*(H-,1,2,3)/p+2. The first-order valence-corrected chi connectivity index (χ1v) is 5.41. The summed E-state index contributed by atoms with van der Waals surface area (Å²) in [5, 5.41) is 0. The monoisotopic (exact) mass is 220 g/mol. The fraction of sp³-hybridized carbons (Fsp3) is 1.00. The summed E-state index contributed by atoms with van der Waals surface area (Å²) in [6.45, 7) is 4.36. The molecular formula is C4H14O6P2+2. The Bertz CT molecular complexity index is 94.1. The van der Waals surface area contributed by atoms with Crippen LogP contribution in [0.15, 0.2) is 0 Å². The number of hydrogen-bond donors (Lipinski definition) is 4. The largest absolute Gasteiger partial charge is 0.692 e. The Kier molecular flexibility index (Phi) is 25.8. The smallest absolute Gasteiger partial charge is 0.134 e. The quantitative estimate of drug-likeness (QED) is 0.491. The van der Waals surface area contributed by atoms with Crippen LogP contribution in [0.1, 0.15) is 26.7 Å². The van der Waals surface area contributed by atoms with Crippen molar-refractivity contribution >= 4 is 16.5 Å². The molecule has 74 valence electrons. The topological polar surface area (TPSA) is 115 Å². The molecule has 0 bridgehead atoms. The van der Waals surface area contributed by atoms with Crippen LogP contribution in [0.4, 0.5) is 0 Å². The lowest BCUT2D eigenvalue weighted by Gasteiger charge is -1.68. The summed E-state index contributed by atoms with van der Waals surface area (Å²) in [5.74, 6) is 0. The van der Waals surface area contributed by atoms with Crippen molar-refractivity contribution in [1.29, 1.82) is 0 Å². The molecule has 0 amide bonds. The first-order valence-electron chi connectivity index (χ1n) is 3.08. The van der Waals surface area contributed by atoms with Crippen molar-refractivity contribution in [2.24, 2.45) is 0 Å². The van der Waals surface area contributed by atoms with Crippen molar-refractivity contribution in [2.75, 3.05) is 0 Å². The zero-order chi connectivity index (χ0) is 10.6. The summed E-state index contributed by atoms with van der Waals surface area (Å²) in [6, 6.07) is 0. The molecule has 0 rings (SSSR count). The second-order valence-electron chi connectivity index (χ2n) is 1.51. The highest BCUT2D eigenvalue weighted by molar-refractivity contribution is 7.31. The van der Waals surface area contributed by atoms with E-state index >= 15 is 0 Å². The predicted molar refractivity (Wildman–Crippen MR) is 44.7 cm³/mol. The van der Waals surface area contributed by atoms with Gasteiger partial charge in [0.1, 0.15) is 0 Å². The Morgan fingerprint density at radius 2 is 0.917 bits per heavy atom. The van der Waals surface area contributed by atoms with Crippen molar-refractivity contribution in [3.8, 4) is 0 Å². The van der Waals surface area contributed by atoms with E-state index in [9.17, 15) is 0 Å². The van der Waals surface area contributed by atoms with Gasteiger partial charge in [-0.25, -0.2) is 0 Å². The molecular weight excluding hydrogens is 206 g/mol. The lowest BCUT2D eigenvalue weighted by Crippen LogP contribution is -1.47. The molecule has 0 aromatic rings. The van der Waals surface area contributed by atoms with E-state index in [1.165, 1.54) is 12.8 Å².